The summed E-state index contributed by atoms with van der Waals surface area (Å²) in [6.07, 6.45) is 6.92. The lowest BCUT2D eigenvalue weighted by Gasteiger charge is -2.22. The van der Waals surface area contributed by atoms with E-state index in [1.165, 1.54) is 5.56 Å². The van der Waals surface area contributed by atoms with Gasteiger partial charge in [-0.25, -0.2) is 0 Å². The summed E-state index contributed by atoms with van der Waals surface area (Å²) < 4.78 is 10.8. The first-order valence-corrected chi connectivity index (χ1v) is 8.14. The number of hydrogen-bond donors (Lipinski definition) is 0. The van der Waals surface area contributed by atoms with Crippen LogP contribution >= 0.6 is 0 Å². The average molecular weight is 313 g/mol. The number of rotatable bonds is 7. The van der Waals surface area contributed by atoms with Gasteiger partial charge in [-0.1, -0.05) is 47.6 Å². The molecule has 1 aliphatic rings. The fourth-order valence-electron chi connectivity index (χ4n) is 2.79. The van der Waals surface area contributed by atoms with Crippen LogP contribution in [0.4, 0.5) is 0 Å². The van der Waals surface area contributed by atoms with E-state index in [4.69, 9.17) is 9.26 Å². The summed E-state index contributed by atoms with van der Waals surface area (Å²) in [6.45, 7) is 5.10. The van der Waals surface area contributed by atoms with Gasteiger partial charge >= 0.3 is 0 Å². The first-order chi connectivity index (χ1) is 11.3. The Morgan fingerprint density at radius 2 is 2.17 bits per heavy atom. The summed E-state index contributed by atoms with van der Waals surface area (Å²) in [5.41, 5.74) is 1.21. The average Bonchev–Trinajstić information content (AvgIpc) is 3.20. The van der Waals surface area contributed by atoms with Crippen molar-refractivity contribution in [3.63, 3.8) is 0 Å². The van der Waals surface area contributed by atoms with E-state index in [1.54, 1.807) is 0 Å². The summed E-state index contributed by atoms with van der Waals surface area (Å²) in [5, 5.41) is 4.00. The number of aryl methyl sites for hydroxylation is 1. The van der Waals surface area contributed by atoms with Crippen LogP contribution in [0.25, 0.3) is 6.08 Å². The highest BCUT2D eigenvalue weighted by Gasteiger charge is 2.20. The molecule has 1 aliphatic heterocycles. The van der Waals surface area contributed by atoms with Crippen molar-refractivity contribution in [2.75, 3.05) is 19.7 Å². The molecule has 3 rings (SSSR count). The van der Waals surface area contributed by atoms with Crippen molar-refractivity contribution in [3.05, 3.63) is 53.7 Å². The van der Waals surface area contributed by atoms with Gasteiger partial charge in [-0.15, -0.1) is 0 Å². The van der Waals surface area contributed by atoms with Gasteiger partial charge in [0.25, 0.3) is 0 Å². The predicted octanol–water partition coefficient (Wildman–Crippen LogP) is 3.07. The molecule has 0 bridgehead atoms. The van der Waals surface area contributed by atoms with Crippen LogP contribution in [0.1, 0.15) is 30.1 Å². The molecule has 0 spiro atoms. The highest BCUT2D eigenvalue weighted by molar-refractivity contribution is 5.48. The van der Waals surface area contributed by atoms with E-state index in [1.807, 2.05) is 25.1 Å². The molecule has 5 heteroatoms. The predicted molar refractivity (Wildman–Crippen MR) is 88.8 cm³/mol. The molecule has 1 aromatic heterocycles. The Morgan fingerprint density at radius 3 is 2.87 bits per heavy atom. The molecule has 1 saturated heterocycles. The van der Waals surface area contributed by atoms with Crippen LogP contribution in [-0.4, -0.2) is 40.8 Å². The molecule has 0 aliphatic carbocycles. The summed E-state index contributed by atoms with van der Waals surface area (Å²) in [7, 11) is 0. The molecule has 0 amide bonds. The lowest BCUT2D eigenvalue weighted by atomic mass is 10.2. The van der Waals surface area contributed by atoms with Gasteiger partial charge in [0, 0.05) is 26.6 Å². The minimum atomic E-state index is 0.313. The van der Waals surface area contributed by atoms with Crippen molar-refractivity contribution in [2.24, 2.45) is 0 Å². The number of hydrogen-bond acceptors (Lipinski definition) is 5. The topological polar surface area (TPSA) is 51.4 Å². The molecule has 23 heavy (non-hydrogen) atoms. The molecule has 2 aromatic rings. The van der Waals surface area contributed by atoms with E-state index in [2.05, 4.69) is 39.3 Å². The van der Waals surface area contributed by atoms with Gasteiger partial charge in [-0.3, -0.25) is 4.90 Å². The van der Waals surface area contributed by atoms with E-state index >= 15 is 0 Å². The maximum atomic E-state index is 5.76. The third-order valence-electron chi connectivity index (χ3n) is 3.89. The van der Waals surface area contributed by atoms with E-state index in [9.17, 15) is 0 Å². The zero-order valence-corrected chi connectivity index (χ0v) is 13.5. The van der Waals surface area contributed by atoms with Crippen LogP contribution < -0.4 is 0 Å². The lowest BCUT2D eigenvalue weighted by molar-refractivity contribution is 0.0736. The van der Waals surface area contributed by atoms with Gasteiger partial charge in [-0.2, -0.15) is 4.98 Å². The van der Waals surface area contributed by atoms with Gasteiger partial charge in [0.05, 0.1) is 12.6 Å². The van der Waals surface area contributed by atoms with Gasteiger partial charge in [-0.05, 0) is 18.4 Å². The molecule has 1 fully saturated rings. The van der Waals surface area contributed by atoms with Crippen molar-refractivity contribution in [1.29, 1.82) is 0 Å². The Balaban J connectivity index is 1.60. The number of ether oxygens (including phenoxy) is 1. The van der Waals surface area contributed by atoms with Gasteiger partial charge in [0.15, 0.2) is 5.82 Å². The standard InChI is InChI=1S/C18H23N3O2/c1-15-19-18(20-23-15)14-21(13-17-10-6-12-22-17)11-5-9-16-7-3-2-4-8-16/h2-5,7-9,17H,6,10-14H2,1H3/b9-5+/t17-/m0/s1. The second-order valence-corrected chi connectivity index (χ2v) is 5.87. The molecular weight excluding hydrogens is 290 g/mol. The molecule has 122 valence electrons. The summed E-state index contributed by atoms with van der Waals surface area (Å²) in [6, 6.07) is 10.3. The molecule has 2 heterocycles. The van der Waals surface area contributed by atoms with Crippen molar-refractivity contribution in [3.8, 4) is 0 Å². The minimum Gasteiger partial charge on any atom is -0.377 e. The van der Waals surface area contributed by atoms with Crippen LogP contribution in [0.5, 0.6) is 0 Å². The minimum absolute atomic E-state index is 0.313. The zero-order valence-electron chi connectivity index (χ0n) is 13.5. The third-order valence-corrected chi connectivity index (χ3v) is 3.89. The molecule has 0 unspecified atom stereocenters. The molecule has 1 atom stereocenters. The Kier molecular flexibility index (Phi) is 5.56. The second-order valence-electron chi connectivity index (χ2n) is 5.87. The largest absolute Gasteiger partial charge is 0.377 e. The zero-order chi connectivity index (χ0) is 15.9. The molecule has 0 N–H and O–H groups in total. The fraction of sp³-hybridized carbons (Fsp3) is 0.444. The van der Waals surface area contributed by atoms with Gasteiger partial charge in [0.1, 0.15) is 0 Å². The van der Waals surface area contributed by atoms with E-state index in [0.29, 0.717) is 18.5 Å². The normalized spacial score (nSPS) is 18.3. The van der Waals surface area contributed by atoms with Crippen molar-refractivity contribution < 1.29 is 9.26 Å². The number of aromatic nitrogens is 2. The number of benzene rings is 1. The molecular formula is C18H23N3O2. The Morgan fingerprint density at radius 1 is 1.30 bits per heavy atom. The summed E-state index contributed by atoms with van der Waals surface area (Å²) >= 11 is 0. The molecule has 0 saturated carbocycles. The van der Waals surface area contributed by atoms with E-state index in [-0.39, 0.29) is 0 Å². The number of nitrogens with zero attached hydrogens (tertiary/aromatic N) is 3. The fourth-order valence-corrected chi connectivity index (χ4v) is 2.79. The second kappa shape index (κ2) is 8.04. The summed E-state index contributed by atoms with van der Waals surface area (Å²) in [5.74, 6) is 1.34. The molecule has 1 aromatic carbocycles. The highest BCUT2D eigenvalue weighted by atomic mass is 16.5. The highest BCUT2D eigenvalue weighted by Crippen LogP contribution is 2.15. The van der Waals surface area contributed by atoms with Crippen molar-refractivity contribution >= 4 is 6.08 Å². The van der Waals surface area contributed by atoms with E-state index in [0.717, 1.165) is 38.4 Å². The maximum Gasteiger partial charge on any atom is 0.223 e. The monoisotopic (exact) mass is 313 g/mol. The van der Waals surface area contributed by atoms with Crippen molar-refractivity contribution in [2.45, 2.75) is 32.4 Å². The smallest absolute Gasteiger partial charge is 0.223 e. The molecule has 0 radical (unpaired) electrons. The summed E-state index contributed by atoms with van der Waals surface area (Å²) in [4.78, 5) is 6.61. The van der Waals surface area contributed by atoms with Crippen LogP contribution in [0.15, 0.2) is 40.9 Å². The Labute approximate surface area is 137 Å². The van der Waals surface area contributed by atoms with E-state index < -0.39 is 0 Å². The quantitative estimate of drug-likeness (QED) is 0.786. The first-order valence-electron chi connectivity index (χ1n) is 8.14. The SMILES string of the molecule is Cc1nc(CN(C/C=C/c2ccccc2)C[C@@H]2CCCO2)no1. The van der Waals surface area contributed by atoms with Crippen LogP contribution in [0, 0.1) is 6.92 Å². The van der Waals surface area contributed by atoms with Gasteiger partial charge < -0.3 is 9.26 Å². The Bertz CT molecular complexity index is 618. The maximum absolute atomic E-state index is 5.76. The van der Waals surface area contributed by atoms with Crippen LogP contribution in [0.2, 0.25) is 0 Å². The van der Waals surface area contributed by atoms with Crippen molar-refractivity contribution in [1.82, 2.24) is 15.0 Å². The molecule has 5 nitrogen and oxygen atoms in total. The lowest BCUT2D eigenvalue weighted by Crippen LogP contribution is -2.32. The van der Waals surface area contributed by atoms with Gasteiger partial charge in [0.2, 0.25) is 5.89 Å². The Hall–Kier alpha value is -1.98. The van der Waals surface area contributed by atoms with Crippen LogP contribution in [0.3, 0.4) is 0 Å². The van der Waals surface area contributed by atoms with Crippen LogP contribution in [-0.2, 0) is 11.3 Å². The first kappa shape index (κ1) is 15.9. The third kappa shape index (κ3) is 5.01.